The zero-order chi connectivity index (χ0) is 21.1. The third kappa shape index (κ3) is 4.20. The molecule has 3 aromatic rings. The first kappa shape index (κ1) is 20.1. The van der Waals surface area contributed by atoms with Crippen molar-refractivity contribution in [1.82, 2.24) is 14.5 Å². The maximum Gasteiger partial charge on any atom is 0.261 e. The van der Waals surface area contributed by atoms with Gasteiger partial charge in [-0.05, 0) is 55.3 Å². The fourth-order valence-corrected chi connectivity index (χ4v) is 3.70. The normalized spacial score (nSPS) is 13.5. The van der Waals surface area contributed by atoms with Gasteiger partial charge in [-0.2, -0.15) is 0 Å². The molecule has 2 heterocycles. The van der Waals surface area contributed by atoms with Gasteiger partial charge in [0.15, 0.2) is 0 Å². The van der Waals surface area contributed by atoms with Crippen LogP contribution in [0, 0.1) is 5.82 Å². The van der Waals surface area contributed by atoms with Gasteiger partial charge in [0.25, 0.3) is 11.5 Å². The summed E-state index contributed by atoms with van der Waals surface area (Å²) in [7, 11) is 1.69. The van der Waals surface area contributed by atoms with E-state index in [9.17, 15) is 14.0 Å². The number of halogens is 1. The number of carbonyl (C=O) groups excluding carboxylic acids is 1. The van der Waals surface area contributed by atoms with Gasteiger partial charge in [0.1, 0.15) is 24.0 Å². The third-order valence-electron chi connectivity index (χ3n) is 5.42. The summed E-state index contributed by atoms with van der Waals surface area (Å²) in [5.74, 6) is 0.858. The Morgan fingerprint density at radius 2 is 1.97 bits per heavy atom. The van der Waals surface area contributed by atoms with Crippen LogP contribution in [0.2, 0.25) is 0 Å². The summed E-state index contributed by atoms with van der Waals surface area (Å²) in [6, 6.07) is 10.8. The Balaban J connectivity index is 1.48. The Morgan fingerprint density at radius 3 is 2.77 bits per heavy atom. The van der Waals surface area contributed by atoms with Crippen LogP contribution in [0.4, 0.5) is 4.39 Å². The molecule has 2 aromatic carbocycles. The van der Waals surface area contributed by atoms with Crippen molar-refractivity contribution in [2.75, 3.05) is 20.2 Å². The standard InChI is InChI=1S/C23H24FN3O3/c1-26(13-14-30-18-9-7-17(24)8-10-18)22(28)16-6-11-19-20(15-16)25-21-5-3-2-4-12-27(21)23(19)29/h6-11,15H,2-5,12-14H2,1H3. The molecule has 1 aliphatic rings. The lowest BCUT2D eigenvalue weighted by Gasteiger charge is -2.18. The fourth-order valence-electron chi connectivity index (χ4n) is 3.70. The summed E-state index contributed by atoms with van der Waals surface area (Å²) < 4.78 is 20.3. The van der Waals surface area contributed by atoms with E-state index in [0.29, 0.717) is 35.3 Å². The molecule has 0 unspecified atom stereocenters. The second-order valence-electron chi connectivity index (χ2n) is 7.56. The van der Waals surface area contributed by atoms with Crippen LogP contribution < -0.4 is 10.3 Å². The molecule has 1 amide bonds. The molecule has 6 nitrogen and oxygen atoms in total. The lowest BCUT2D eigenvalue weighted by molar-refractivity contribution is 0.0774. The molecular weight excluding hydrogens is 385 g/mol. The van der Waals surface area contributed by atoms with Crippen molar-refractivity contribution in [3.8, 4) is 5.75 Å². The monoisotopic (exact) mass is 409 g/mol. The Hall–Kier alpha value is -3.22. The van der Waals surface area contributed by atoms with E-state index in [1.807, 2.05) is 0 Å². The topological polar surface area (TPSA) is 64.4 Å². The van der Waals surface area contributed by atoms with Crippen LogP contribution in [-0.2, 0) is 13.0 Å². The number of rotatable bonds is 5. The quantitative estimate of drug-likeness (QED) is 0.648. The number of likely N-dealkylation sites (N-methyl/N-ethyl adjacent to an activating group) is 1. The molecule has 7 heteroatoms. The van der Waals surface area contributed by atoms with Crippen molar-refractivity contribution in [2.24, 2.45) is 0 Å². The molecule has 0 fully saturated rings. The largest absolute Gasteiger partial charge is 0.492 e. The maximum atomic E-state index is 12.9. The number of benzene rings is 2. The number of fused-ring (bicyclic) bond motifs is 2. The second-order valence-corrected chi connectivity index (χ2v) is 7.56. The number of aryl methyl sites for hydroxylation is 1. The molecule has 156 valence electrons. The first-order valence-corrected chi connectivity index (χ1v) is 10.2. The van der Waals surface area contributed by atoms with Crippen LogP contribution in [-0.4, -0.2) is 40.6 Å². The number of ether oxygens (including phenoxy) is 1. The molecule has 1 aliphatic heterocycles. The Labute approximate surface area is 173 Å². The smallest absolute Gasteiger partial charge is 0.261 e. The van der Waals surface area contributed by atoms with E-state index in [1.165, 1.54) is 12.1 Å². The summed E-state index contributed by atoms with van der Waals surface area (Å²) in [4.78, 5) is 31.9. The summed E-state index contributed by atoms with van der Waals surface area (Å²) in [5.41, 5.74) is 1.02. The van der Waals surface area contributed by atoms with Crippen LogP contribution in [0.5, 0.6) is 5.75 Å². The van der Waals surface area contributed by atoms with Crippen molar-refractivity contribution < 1.29 is 13.9 Å². The van der Waals surface area contributed by atoms with E-state index in [1.54, 1.807) is 46.8 Å². The average Bonchev–Trinajstić information content (AvgIpc) is 3.00. The summed E-state index contributed by atoms with van der Waals surface area (Å²) in [5, 5.41) is 0.541. The SMILES string of the molecule is CN(CCOc1ccc(F)cc1)C(=O)c1ccc2c(=O)n3c(nc2c1)CCCCC3. The first-order chi connectivity index (χ1) is 14.5. The summed E-state index contributed by atoms with van der Waals surface area (Å²) in [6.07, 6.45) is 3.88. The zero-order valence-electron chi connectivity index (χ0n) is 16.9. The number of nitrogens with zero attached hydrogens (tertiary/aromatic N) is 3. The van der Waals surface area contributed by atoms with Gasteiger partial charge in [-0.3, -0.25) is 14.2 Å². The highest BCUT2D eigenvalue weighted by Gasteiger charge is 2.17. The maximum absolute atomic E-state index is 12.9. The van der Waals surface area contributed by atoms with Crippen LogP contribution >= 0.6 is 0 Å². The highest BCUT2D eigenvalue weighted by atomic mass is 19.1. The molecule has 0 saturated heterocycles. The van der Waals surface area contributed by atoms with Crippen LogP contribution in [0.25, 0.3) is 10.9 Å². The minimum Gasteiger partial charge on any atom is -0.492 e. The second kappa shape index (κ2) is 8.65. The predicted molar refractivity (Wildman–Crippen MR) is 112 cm³/mol. The molecule has 30 heavy (non-hydrogen) atoms. The molecule has 4 rings (SSSR count). The lowest BCUT2D eigenvalue weighted by Crippen LogP contribution is -2.31. The molecule has 0 radical (unpaired) electrons. The van der Waals surface area contributed by atoms with Gasteiger partial charge >= 0.3 is 0 Å². The van der Waals surface area contributed by atoms with E-state index < -0.39 is 0 Å². The van der Waals surface area contributed by atoms with Crippen molar-refractivity contribution in [1.29, 1.82) is 0 Å². The number of hydrogen-bond donors (Lipinski definition) is 0. The summed E-state index contributed by atoms with van der Waals surface area (Å²) in [6.45, 7) is 1.36. The number of hydrogen-bond acceptors (Lipinski definition) is 4. The van der Waals surface area contributed by atoms with Crippen LogP contribution in [0.3, 0.4) is 0 Å². The average molecular weight is 409 g/mol. The van der Waals surface area contributed by atoms with Gasteiger partial charge in [-0.15, -0.1) is 0 Å². The van der Waals surface area contributed by atoms with E-state index in [-0.39, 0.29) is 23.9 Å². The molecular formula is C23H24FN3O3. The molecule has 0 saturated carbocycles. The molecule has 1 aromatic heterocycles. The minimum atomic E-state index is -0.323. The molecule has 0 spiro atoms. The van der Waals surface area contributed by atoms with Crippen molar-refractivity contribution in [2.45, 2.75) is 32.2 Å². The van der Waals surface area contributed by atoms with Gasteiger partial charge in [0, 0.05) is 25.6 Å². The van der Waals surface area contributed by atoms with Crippen molar-refractivity contribution in [3.63, 3.8) is 0 Å². The minimum absolute atomic E-state index is 0.0306. The van der Waals surface area contributed by atoms with Crippen LogP contribution in [0.15, 0.2) is 47.3 Å². The van der Waals surface area contributed by atoms with Gasteiger partial charge in [-0.25, -0.2) is 9.37 Å². The molecule has 0 atom stereocenters. The van der Waals surface area contributed by atoms with Gasteiger partial charge in [0.05, 0.1) is 17.4 Å². The Kier molecular flexibility index (Phi) is 5.79. The zero-order valence-corrected chi connectivity index (χ0v) is 16.9. The van der Waals surface area contributed by atoms with Crippen molar-refractivity contribution >= 4 is 16.8 Å². The van der Waals surface area contributed by atoms with E-state index in [0.717, 1.165) is 31.5 Å². The highest BCUT2D eigenvalue weighted by molar-refractivity contribution is 5.97. The Bertz CT molecular complexity index is 1120. The molecule has 0 N–H and O–H groups in total. The third-order valence-corrected chi connectivity index (χ3v) is 5.42. The first-order valence-electron chi connectivity index (χ1n) is 10.2. The molecule has 0 bridgehead atoms. The fraction of sp³-hybridized carbons (Fsp3) is 0.348. The number of aromatic nitrogens is 2. The molecule has 0 aliphatic carbocycles. The van der Waals surface area contributed by atoms with Gasteiger partial charge in [-0.1, -0.05) is 6.42 Å². The van der Waals surface area contributed by atoms with E-state index in [2.05, 4.69) is 4.98 Å². The number of carbonyl (C=O) groups is 1. The van der Waals surface area contributed by atoms with Gasteiger partial charge in [0.2, 0.25) is 0 Å². The summed E-state index contributed by atoms with van der Waals surface area (Å²) >= 11 is 0. The predicted octanol–water partition coefficient (Wildman–Crippen LogP) is 3.41. The van der Waals surface area contributed by atoms with Gasteiger partial charge < -0.3 is 9.64 Å². The van der Waals surface area contributed by atoms with Crippen LogP contribution in [0.1, 0.15) is 35.4 Å². The Morgan fingerprint density at radius 1 is 1.17 bits per heavy atom. The van der Waals surface area contributed by atoms with E-state index in [4.69, 9.17) is 4.74 Å². The number of amides is 1. The highest BCUT2D eigenvalue weighted by Crippen LogP contribution is 2.17. The lowest BCUT2D eigenvalue weighted by atomic mass is 10.1. The van der Waals surface area contributed by atoms with Crippen molar-refractivity contribution in [3.05, 3.63) is 70.0 Å². The van der Waals surface area contributed by atoms with E-state index >= 15 is 0 Å².